The zero-order valence-electron chi connectivity index (χ0n) is 11.4. The Morgan fingerprint density at radius 2 is 2.15 bits per heavy atom. The Kier molecular flexibility index (Phi) is 5.40. The predicted octanol–water partition coefficient (Wildman–Crippen LogP) is 2.53. The maximum atomic E-state index is 12.0. The minimum absolute atomic E-state index is 0.0184. The molecule has 1 aromatic rings. The van der Waals surface area contributed by atoms with E-state index in [1.807, 2.05) is 22.4 Å². The highest BCUT2D eigenvalue weighted by Gasteiger charge is 2.22. The molecule has 5 nitrogen and oxygen atoms in total. The fourth-order valence-corrected chi connectivity index (χ4v) is 3.08. The van der Waals surface area contributed by atoms with Crippen LogP contribution in [0.4, 0.5) is 4.79 Å². The smallest absolute Gasteiger partial charge is 0.317 e. The lowest BCUT2D eigenvalue weighted by atomic mass is 9.92. The lowest BCUT2D eigenvalue weighted by Crippen LogP contribution is -2.44. The summed E-state index contributed by atoms with van der Waals surface area (Å²) in [5, 5.41) is 13.6. The molecule has 1 aliphatic rings. The Balaban J connectivity index is 1.67. The minimum atomic E-state index is -0.735. The van der Waals surface area contributed by atoms with Crippen molar-refractivity contribution in [3.05, 3.63) is 22.4 Å². The maximum Gasteiger partial charge on any atom is 0.317 e. The van der Waals surface area contributed by atoms with Crippen LogP contribution in [0, 0.1) is 5.92 Å². The van der Waals surface area contributed by atoms with Crippen LogP contribution in [-0.4, -0.2) is 35.1 Å². The third-order valence-corrected chi connectivity index (χ3v) is 4.54. The minimum Gasteiger partial charge on any atom is -0.481 e. The van der Waals surface area contributed by atoms with Crippen molar-refractivity contribution in [1.82, 2.24) is 10.2 Å². The number of likely N-dealkylation sites (tertiary alicyclic amines) is 1. The van der Waals surface area contributed by atoms with E-state index in [-0.39, 0.29) is 12.5 Å². The van der Waals surface area contributed by atoms with Crippen molar-refractivity contribution in [3.8, 4) is 0 Å². The van der Waals surface area contributed by atoms with E-state index in [0.717, 1.165) is 37.2 Å². The van der Waals surface area contributed by atoms with Crippen molar-refractivity contribution in [2.45, 2.75) is 32.2 Å². The Labute approximate surface area is 122 Å². The van der Waals surface area contributed by atoms with Gasteiger partial charge in [-0.15, -0.1) is 11.3 Å². The molecule has 0 atom stereocenters. The molecule has 0 spiro atoms. The molecule has 0 aromatic carbocycles. The molecule has 2 heterocycles. The van der Waals surface area contributed by atoms with Crippen LogP contribution in [0.1, 0.15) is 30.6 Å². The van der Waals surface area contributed by atoms with Gasteiger partial charge in [-0.25, -0.2) is 4.79 Å². The number of thiophene rings is 1. The monoisotopic (exact) mass is 296 g/mol. The first kappa shape index (κ1) is 14.8. The lowest BCUT2D eigenvalue weighted by molar-refractivity contribution is -0.137. The van der Waals surface area contributed by atoms with E-state index in [9.17, 15) is 9.59 Å². The molecular formula is C14H20N2O3S. The molecule has 20 heavy (non-hydrogen) atoms. The van der Waals surface area contributed by atoms with Gasteiger partial charge in [0, 0.05) is 24.4 Å². The van der Waals surface area contributed by atoms with Gasteiger partial charge in [-0.05, 0) is 36.6 Å². The predicted molar refractivity (Wildman–Crippen MR) is 77.7 cm³/mol. The molecule has 0 saturated carbocycles. The summed E-state index contributed by atoms with van der Waals surface area (Å²) in [6, 6.07) is 3.96. The Hall–Kier alpha value is -1.56. The van der Waals surface area contributed by atoms with Crippen LogP contribution in [-0.2, 0) is 11.3 Å². The molecule has 1 fully saturated rings. The number of rotatable bonds is 5. The first-order valence-corrected chi connectivity index (χ1v) is 7.80. The normalized spacial score (nSPS) is 16.1. The number of nitrogens with zero attached hydrogens (tertiary/aromatic N) is 1. The second kappa shape index (κ2) is 7.28. The first-order chi connectivity index (χ1) is 9.65. The number of aliphatic carboxylic acids is 1. The number of urea groups is 1. The number of carboxylic acid groups (broad SMARTS) is 1. The van der Waals surface area contributed by atoms with Gasteiger partial charge in [0.2, 0.25) is 0 Å². The standard InChI is InChI=1S/C14H20N2O3S/c17-13(18)4-3-11-5-7-16(8-6-11)14(19)15-10-12-2-1-9-20-12/h1-2,9,11H,3-8,10H2,(H,15,19)(H,17,18). The Morgan fingerprint density at radius 3 is 2.75 bits per heavy atom. The molecule has 1 aliphatic heterocycles. The van der Waals surface area contributed by atoms with Crippen LogP contribution in [0.5, 0.6) is 0 Å². The number of carbonyl (C=O) groups excluding carboxylic acids is 1. The summed E-state index contributed by atoms with van der Waals surface area (Å²) in [4.78, 5) is 25.5. The molecule has 1 aromatic heterocycles. The average molecular weight is 296 g/mol. The fourth-order valence-electron chi connectivity index (χ4n) is 2.44. The molecule has 0 aliphatic carbocycles. The summed E-state index contributed by atoms with van der Waals surface area (Å²) in [5.41, 5.74) is 0. The van der Waals surface area contributed by atoms with Crippen molar-refractivity contribution in [1.29, 1.82) is 0 Å². The van der Waals surface area contributed by atoms with Gasteiger partial charge in [-0.1, -0.05) is 6.07 Å². The molecule has 0 radical (unpaired) electrons. The SMILES string of the molecule is O=C(O)CCC1CCN(C(=O)NCc2cccs2)CC1. The lowest BCUT2D eigenvalue weighted by Gasteiger charge is -2.31. The van der Waals surface area contributed by atoms with Gasteiger partial charge < -0.3 is 15.3 Å². The van der Waals surface area contributed by atoms with Gasteiger partial charge in [-0.2, -0.15) is 0 Å². The van der Waals surface area contributed by atoms with Crippen molar-refractivity contribution < 1.29 is 14.7 Å². The van der Waals surface area contributed by atoms with E-state index < -0.39 is 5.97 Å². The molecule has 6 heteroatoms. The van der Waals surface area contributed by atoms with Crippen LogP contribution in [0.2, 0.25) is 0 Å². The highest BCUT2D eigenvalue weighted by molar-refractivity contribution is 7.09. The Morgan fingerprint density at radius 1 is 1.40 bits per heavy atom. The number of hydrogen-bond acceptors (Lipinski definition) is 3. The summed E-state index contributed by atoms with van der Waals surface area (Å²) >= 11 is 1.63. The second-order valence-corrected chi connectivity index (χ2v) is 6.13. The number of piperidine rings is 1. The van der Waals surface area contributed by atoms with E-state index in [1.54, 1.807) is 11.3 Å². The molecular weight excluding hydrogens is 276 g/mol. The second-order valence-electron chi connectivity index (χ2n) is 5.10. The zero-order valence-corrected chi connectivity index (χ0v) is 12.2. The van der Waals surface area contributed by atoms with Gasteiger partial charge in [0.25, 0.3) is 0 Å². The number of carbonyl (C=O) groups is 2. The summed E-state index contributed by atoms with van der Waals surface area (Å²) in [6.45, 7) is 2.02. The van der Waals surface area contributed by atoms with E-state index >= 15 is 0 Å². The average Bonchev–Trinajstić information content (AvgIpc) is 2.96. The number of hydrogen-bond donors (Lipinski definition) is 2. The van der Waals surface area contributed by atoms with Crippen molar-refractivity contribution in [3.63, 3.8) is 0 Å². The summed E-state index contributed by atoms with van der Waals surface area (Å²) in [6.07, 6.45) is 2.76. The van der Waals surface area contributed by atoms with Gasteiger partial charge in [0.05, 0.1) is 6.54 Å². The van der Waals surface area contributed by atoms with Crippen LogP contribution < -0.4 is 5.32 Å². The van der Waals surface area contributed by atoms with Crippen molar-refractivity contribution in [2.24, 2.45) is 5.92 Å². The summed E-state index contributed by atoms with van der Waals surface area (Å²) < 4.78 is 0. The maximum absolute atomic E-state index is 12.0. The van der Waals surface area contributed by atoms with Crippen LogP contribution in [0.15, 0.2) is 17.5 Å². The zero-order chi connectivity index (χ0) is 14.4. The van der Waals surface area contributed by atoms with Gasteiger partial charge in [-0.3, -0.25) is 4.79 Å². The molecule has 1 saturated heterocycles. The van der Waals surface area contributed by atoms with Gasteiger partial charge in [0.1, 0.15) is 0 Å². The van der Waals surface area contributed by atoms with Crippen molar-refractivity contribution in [2.75, 3.05) is 13.1 Å². The first-order valence-electron chi connectivity index (χ1n) is 6.92. The van der Waals surface area contributed by atoms with E-state index in [4.69, 9.17) is 5.11 Å². The number of nitrogens with one attached hydrogen (secondary N) is 1. The third-order valence-electron chi connectivity index (χ3n) is 3.66. The van der Waals surface area contributed by atoms with Crippen LogP contribution in [0.3, 0.4) is 0 Å². The summed E-state index contributed by atoms with van der Waals surface area (Å²) in [5.74, 6) is -0.298. The van der Waals surface area contributed by atoms with Crippen molar-refractivity contribution >= 4 is 23.3 Å². The van der Waals surface area contributed by atoms with Crippen LogP contribution >= 0.6 is 11.3 Å². The van der Waals surface area contributed by atoms with Gasteiger partial charge >= 0.3 is 12.0 Å². The highest BCUT2D eigenvalue weighted by atomic mass is 32.1. The highest BCUT2D eigenvalue weighted by Crippen LogP contribution is 2.21. The topological polar surface area (TPSA) is 69.6 Å². The quantitative estimate of drug-likeness (QED) is 0.877. The van der Waals surface area contributed by atoms with E-state index in [1.165, 1.54) is 0 Å². The number of carboxylic acids is 1. The molecule has 0 bridgehead atoms. The summed E-state index contributed by atoms with van der Waals surface area (Å²) in [7, 11) is 0. The molecule has 2 rings (SSSR count). The van der Waals surface area contributed by atoms with E-state index in [0.29, 0.717) is 12.5 Å². The molecule has 2 amide bonds. The van der Waals surface area contributed by atoms with E-state index in [2.05, 4.69) is 5.32 Å². The Bertz CT molecular complexity index is 439. The molecule has 0 unspecified atom stereocenters. The third kappa shape index (κ3) is 4.52. The molecule has 2 N–H and O–H groups in total. The molecule has 110 valence electrons. The van der Waals surface area contributed by atoms with Gasteiger partial charge in [0.15, 0.2) is 0 Å². The van der Waals surface area contributed by atoms with Crippen LogP contribution in [0.25, 0.3) is 0 Å². The fraction of sp³-hybridized carbons (Fsp3) is 0.571. The number of amides is 2. The largest absolute Gasteiger partial charge is 0.481 e.